The normalized spacial score (nSPS) is 13.3. The summed E-state index contributed by atoms with van der Waals surface area (Å²) in [6.07, 6.45) is 39.8. The lowest BCUT2D eigenvalue weighted by Gasteiger charge is -2.17. The molecule has 1 heterocycles. The molecule has 1 aromatic heterocycles. The first-order valence-corrected chi connectivity index (χ1v) is 16.8. The molecule has 0 fully saturated rings. The van der Waals surface area contributed by atoms with Gasteiger partial charge < -0.3 is 0 Å². The van der Waals surface area contributed by atoms with Crippen molar-refractivity contribution in [1.82, 2.24) is 4.98 Å². The Kier molecular flexibility index (Phi) is 22.7. The molecule has 1 rings (SSSR count). The summed E-state index contributed by atoms with van der Waals surface area (Å²) in [6.45, 7) is 9.39. The van der Waals surface area contributed by atoms with Gasteiger partial charge in [-0.25, -0.2) is 9.55 Å². The summed E-state index contributed by atoms with van der Waals surface area (Å²) in [5, 5.41) is 0. The number of hydrogen-bond acceptors (Lipinski definition) is 0. The highest BCUT2D eigenvalue weighted by atomic mass is 15.1. The zero-order valence-corrected chi connectivity index (χ0v) is 25.4. The second-order valence-electron chi connectivity index (χ2n) is 11.9. The molecule has 36 heavy (non-hydrogen) atoms. The molecule has 0 aromatic carbocycles. The van der Waals surface area contributed by atoms with Gasteiger partial charge in [-0.2, -0.15) is 0 Å². The summed E-state index contributed by atoms with van der Waals surface area (Å²) in [5.74, 6) is 2.23. The highest BCUT2D eigenvalue weighted by Gasteiger charge is 2.25. The van der Waals surface area contributed by atoms with E-state index in [1.807, 2.05) is 0 Å². The fraction of sp³-hybridized carbons (Fsp3) is 0.912. The largest absolute Gasteiger partial charge is 0.257 e. The topological polar surface area (TPSA) is 19.7 Å². The lowest BCUT2D eigenvalue weighted by Crippen LogP contribution is -2.41. The van der Waals surface area contributed by atoms with Crippen molar-refractivity contribution in [2.45, 2.75) is 200 Å². The Hall–Kier alpha value is -0.790. The van der Waals surface area contributed by atoms with Crippen LogP contribution in [-0.2, 0) is 0 Å². The van der Waals surface area contributed by atoms with Crippen molar-refractivity contribution in [3.8, 4) is 0 Å². The van der Waals surface area contributed by atoms with Gasteiger partial charge in [0.05, 0.1) is 12.0 Å². The molecule has 0 amide bonds. The van der Waals surface area contributed by atoms with Crippen LogP contribution >= 0.6 is 0 Å². The third-order valence-electron chi connectivity index (χ3n) is 8.39. The summed E-state index contributed by atoms with van der Waals surface area (Å²) >= 11 is 0. The Labute approximate surface area is 227 Å². The molecule has 2 nitrogen and oxygen atoms in total. The highest BCUT2D eigenvalue weighted by Crippen LogP contribution is 2.27. The monoisotopic (exact) mass is 504 g/mol. The molecule has 0 aliphatic heterocycles. The minimum absolute atomic E-state index is 0.623. The number of aromatic amines is 1. The summed E-state index contributed by atoms with van der Waals surface area (Å²) in [7, 11) is 0. The van der Waals surface area contributed by atoms with Crippen LogP contribution in [0.1, 0.15) is 206 Å². The van der Waals surface area contributed by atoms with Crippen LogP contribution in [0.25, 0.3) is 0 Å². The molecule has 0 aliphatic carbocycles. The van der Waals surface area contributed by atoms with Crippen LogP contribution in [0.15, 0.2) is 12.4 Å². The van der Waals surface area contributed by atoms with E-state index in [1.54, 1.807) is 0 Å². The van der Waals surface area contributed by atoms with Crippen molar-refractivity contribution < 1.29 is 4.57 Å². The van der Waals surface area contributed by atoms with Gasteiger partial charge in [0.2, 0.25) is 0 Å². The van der Waals surface area contributed by atoms with E-state index in [0.717, 1.165) is 0 Å². The molecule has 212 valence electrons. The van der Waals surface area contributed by atoms with E-state index in [4.69, 9.17) is 0 Å². The molecule has 0 radical (unpaired) electrons. The first kappa shape index (κ1) is 33.2. The number of aromatic nitrogens is 2. The molecule has 0 spiro atoms. The van der Waals surface area contributed by atoms with Crippen molar-refractivity contribution in [2.24, 2.45) is 0 Å². The Balaban J connectivity index is 2.23. The molecule has 0 saturated heterocycles. The van der Waals surface area contributed by atoms with Gasteiger partial charge in [0, 0.05) is 0 Å². The van der Waals surface area contributed by atoms with E-state index in [1.165, 1.54) is 166 Å². The molecule has 0 saturated carbocycles. The molecule has 1 aromatic rings. The zero-order chi connectivity index (χ0) is 26.1. The summed E-state index contributed by atoms with van der Waals surface area (Å²) in [5.41, 5.74) is 0. The number of unbranched alkanes of at least 4 members (excludes halogenated alkanes) is 19. The fourth-order valence-corrected chi connectivity index (χ4v) is 5.90. The Bertz CT molecular complexity index is 563. The molecule has 0 aliphatic rings. The highest BCUT2D eigenvalue weighted by molar-refractivity contribution is 4.90. The van der Waals surface area contributed by atoms with E-state index in [2.05, 4.69) is 49.6 Å². The number of rotatable bonds is 27. The first-order valence-electron chi connectivity index (χ1n) is 16.8. The standard InChI is InChI=1S/C34H66N2/c1-5-8-11-13-14-15-16-17-18-19-20-21-23-25-27-32(4)36-31-30-35-34(36)33(28-24-10-7-3)29-26-22-12-9-6-2/h30-33H,5-29H2,1-4H3/p+1. The van der Waals surface area contributed by atoms with E-state index < -0.39 is 0 Å². The number of H-pyrrole nitrogens is 1. The van der Waals surface area contributed by atoms with Crippen molar-refractivity contribution in [3.05, 3.63) is 18.2 Å². The van der Waals surface area contributed by atoms with Crippen LogP contribution < -0.4 is 4.57 Å². The third-order valence-corrected chi connectivity index (χ3v) is 8.39. The van der Waals surface area contributed by atoms with E-state index >= 15 is 0 Å². The Morgan fingerprint density at radius 3 is 1.36 bits per heavy atom. The number of imidazole rings is 1. The Morgan fingerprint density at radius 1 is 0.528 bits per heavy atom. The average Bonchev–Trinajstić information content (AvgIpc) is 3.37. The van der Waals surface area contributed by atoms with Crippen molar-refractivity contribution in [1.29, 1.82) is 0 Å². The van der Waals surface area contributed by atoms with Gasteiger partial charge in [-0.15, -0.1) is 0 Å². The predicted molar refractivity (Wildman–Crippen MR) is 161 cm³/mol. The first-order chi connectivity index (χ1) is 17.7. The Morgan fingerprint density at radius 2 is 0.889 bits per heavy atom. The minimum Gasteiger partial charge on any atom is -0.247 e. The van der Waals surface area contributed by atoms with Crippen molar-refractivity contribution in [3.63, 3.8) is 0 Å². The van der Waals surface area contributed by atoms with Crippen molar-refractivity contribution >= 4 is 0 Å². The molecule has 1 N–H and O–H groups in total. The predicted octanol–water partition coefficient (Wildman–Crippen LogP) is 11.8. The van der Waals surface area contributed by atoms with Crippen molar-refractivity contribution in [2.75, 3.05) is 0 Å². The quantitative estimate of drug-likeness (QED) is 0.0909. The SMILES string of the molecule is CCCCCCCCCCCCCCCCC(C)[n+]1cc[nH]c1C(CCCCC)CCCCCCC. The van der Waals surface area contributed by atoms with Gasteiger partial charge in [0.15, 0.2) is 0 Å². The van der Waals surface area contributed by atoms with Crippen LogP contribution in [-0.4, -0.2) is 4.98 Å². The van der Waals surface area contributed by atoms with Gasteiger partial charge in [0.1, 0.15) is 12.4 Å². The van der Waals surface area contributed by atoms with E-state index in [0.29, 0.717) is 12.0 Å². The second kappa shape index (κ2) is 24.5. The van der Waals surface area contributed by atoms with Gasteiger partial charge in [-0.05, 0) is 32.6 Å². The molecule has 0 bridgehead atoms. The van der Waals surface area contributed by atoms with Crippen LogP contribution in [0, 0.1) is 0 Å². The third kappa shape index (κ3) is 16.9. The maximum Gasteiger partial charge on any atom is 0.257 e. The number of hydrogen-bond donors (Lipinski definition) is 1. The van der Waals surface area contributed by atoms with Gasteiger partial charge >= 0.3 is 0 Å². The smallest absolute Gasteiger partial charge is 0.247 e. The number of nitrogens with one attached hydrogen (secondary N) is 1. The van der Waals surface area contributed by atoms with Crippen LogP contribution in [0.3, 0.4) is 0 Å². The molecule has 2 unspecified atom stereocenters. The summed E-state index contributed by atoms with van der Waals surface area (Å²) in [6, 6.07) is 0.623. The van der Waals surface area contributed by atoms with E-state index in [-0.39, 0.29) is 0 Å². The summed E-state index contributed by atoms with van der Waals surface area (Å²) in [4.78, 5) is 3.68. The van der Waals surface area contributed by atoms with E-state index in [9.17, 15) is 0 Å². The lowest BCUT2D eigenvalue weighted by molar-refractivity contribution is -0.727. The zero-order valence-electron chi connectivity index (χ0n) is 25.4. The summed E-state index contributed by atoms with van der Waals surface area (Å²) < 4.78 is 2.60. The molecular formula is C34H67N2+. The maximum atomic E-state index is 3.68. The van der Waals surface area contributed by atoms with Crippen LogP contribution in [0.4, 0.5) is 0 Å². The van der Waals surface area contributed by atoms with Gasteiger partial charge in [-0.1, -0.05) is 156 Å². The maximum absolute atomic E-state index is 3.68. The average molecular weight is 504 g/mol. The van der Waals surface area contributed by atoms with Gasteiger partial charge in [0.25, 0.3) is 5.82 Å². The molecule has 2 atom stereocenters. The van der Waals surface area contributed by atoms with Crippen LogP contribution in [0.5, 0.6) is 0 Å². The lowest BCUT2D eigenvalue weighted by atomic mass is 9.93. The molecular weight excluding hydrogens is 436 g/mol. The number of nitrogens with zero attached hydrogens (tertiary/aromatic N) is 1. The molecule has 2 heteroatoms. The van der Waals surface area contributed by atoms with Gasteiger partial charge in [-0.3, -0.25) is 0 Å². The second-order valence-corrected chi connectivity index (χ2v) is 11.9. The minimum atomic E-state index is 0.623. The van der Waals surface area contributed by atoms with Crippen LogP contribution in [0.2, 0.25) is 0 Å². The fourth-order valence-electron chi connectivity index (χ4n) is 5.90.